The number of para-hydroxylation sites is 1. The zero-order valence-corrected chi connectivity index (χ0v) is 13.5. The van der Waals surface area contributed by atoms with E-state index in [9.17, 15) is 4.79 Å². The molecule has 4 nitrogen and oxygen atoms in total. The summed E-state index contributed by atoms with van der Waals surface area (Å²) < 4.78 is 16.5. The Bertz CT molecular complexity index is 903. The Hall–Kier alpha value is -3.27. The number of ketones is 1. The summed E-state index contributed by atoms with van der Waals surface area (Å²) in [6.07, 6.45) is 0. The number of benzene rings is 3. The summed E-state index contributed by atoms with van der Waals surface area (Å²) in [5.41, 5.74) is 2.12. The van der Waals surface area contributed by atoms with Gasteiger partial charge in [-0.15, -0.1) is 0 Å². The van der Waals surface area contributed by atoms with Crippen LogP contribution in [0.3, 0.4) is 0 Å². The van der Waals surface area contributed by atoms with Gasteiger partial charge in [-0.1, -0.05) is 42.5 Å². The number of hydrogen-bond donors (Lipinski definition) is 0. The second kappa shape index (κ2) is 6.69. The number of carbonyl (C=O) groups is 1. The van der Waals surface area contributed by atoms with Gasteiger partial charge in [0.2, 0.25) is 6.79 Å². The van der Waals surface area contributed by atoms with E-state index in [1.54, 1.807) is 24.3 Å². The van der Waals surface area contributed by atoms with E-state index < -0.39 is 0 Å². The fraction of sp³-hybridized carbons (Fsp3) is 0.0952. The van der Waals surface area contributed by atoms with Gasteiger partial charge in [-0.2, -0.15) is 0 Å². The lowest BCUT2D eigenvalue weighted by molar-refractivity contribution is 0.103. The largest absolute Gasteiger partial charge is 0.488 e. The second-order valence-electron chi connectivity index (χ2n) is 5.67. The predicted octanol–water partition coefficient (Wildman–Crippen LogP) is 4.23. The maximum atomic E-state index is 12.9. The minimum atomic E-state index is -0.109. The number of carbonyl (C=O) groups excluding carboxylic acids is 1. The van der Waals surface area contributed by atoms with Gasteiger partial charge < -0.3 is 14.2 Å². The Morgan fingerprint density at radius 1 is 0.880 bits per heavy atom. The van der Waals surface area contributed by atoms with Gasteiger partial charge in [-0.25, -0.2) is 0 Å². The summed E-state index contributed by atoms with van der Waals surface area (Å²) >= 11 is 0. The molecule has 1 aliphatic rings. The van der Waals surface area contributed by atoms with Gasteiger partial charge in [0, 0.05) is 5.56 Å². The molecule has 0 N–H and O–H groups in total. The second-order valence-corrected chi connectivity index (χ2v) is 5.67. The third kappa shape index (κ3) is 3.19. The zero-order chi connectivity index (χ0) is 17.1. The van der Waals surface area contributed by atoms with Crippen LogP contribution in [0, 0.1) is 0 Å². The molecule has 0 saturated carbocycles. The van der Waals surface area contributed by atoms with E-state index in [2.05, 4.69) is 0 Å². The van der Waals surface area contributed by atoms with Crippen LogP contribution in [0.5, 0.6) is 17.2 Å². The molecule has 0 aromatic heterocycles. The van der Waals surface area contributed by atoms with Crippen molar-refractivity contribution in [3.05, 3.63) is 89.5 Å². The van der Waals surface area contributed by atoms with Crippen molar-refractivity contribution in [1.82, 2.24) is 0 Å². The van der Waals surface area contributed by atoms with Crippen LogP contribution < -0.4 is 14.2 Å². The Balaban J connectivity index is 1.58. The molecule has 0 radical (unpaired) electrons. The highest BCUT2D eigenvalue weighted by Crippen LogP contribution is 2.34. The number of hydrogen-bond acceptors (Lipinski definition) is 4. The monoisotopic (exact) mass is 332 g/mol. The molecule has 0 atom stereocenters. The lowest BCUT2D eigenvalue weighted by Gasteiger charge is -2.11. The van der Waals surface area contributed by atoms with E-state index in [0.29, 0.717) is 35.0 Å². The first kappa shape index (κ1) is 15.3. The third-order valence-corrected chi connectivity index (χ3v) is 4.00. The molecule has 0 unspecified atom stereocenters. The van der Waals surface area contributed by atoms with Gasteiger partial charge in [-0.05, 0) is 35.9 Å². The smallest absolute Gasteiger partial charge is 0.231 e. The summed E-state index contributed by atoms with van der Waals surface area (Å²) in [5.74, 6) is 1.70. The predicted molar refractivity (Wildman–Crippen MR) is 93.2 cm³/mol. The molecule has 124 valence electrons. The van der Waals surface area contributed by atoms with Crippen LogP contribution in [-0.2, 0) is 6.61 Å². The van der Waals surface area contributed by atoms with Gasteiger partial charge in [0.05, 0.1) is 5.56 Å². The molecule has 0 aliphatic carbocycles. The van der Waals surface area contributed by atoms with Crippen LogP contribution in [0.25, 0.3) is 0 Å². The van der Waals surface area contributed by atoms with Crippen LogP contribution in [0.2, 0.25) is 0 Å². The van der Waals surface area contributed by atoms with E-state index in [1.807, 2.05) is 48.5 Å². The first-order valence-electron chi connectivity index (χ1n) is 8.01. The quantitative estimate of drug-likeness (QED) is 0.656. The maximum absolute atomic E-state index is 12.9. The molecule has 0 fully saturated rings. The minimum Gasteiger partial charge on any atom is -0.488 e. The van der Waals surface area contributed by atoms with Crippen LogP contribution >= 0.6 is 0 Å². The van der Waals surface area contributed by atoms with E-state index >= 15 is 0 Å². The zero-order valence-electron chi connectivity index (χ0n) is 13.5. The molecule has 3 aromatic rings. The molecule has 0 amide bonds. The molecule has 1 aliphatic heterocycles. The van der Waals surface area contributed by atoms with E-state index in [-0.39, 0.29) is 12.6 Å². The highest BCUT2D eigenvalue weighted by molar-refractivity contribution is 6.11. The first-order valence-corrected chi connectivity index (χ1v) is 8.01. The lowest BCUT2D eigenvalue weighted by Crippen LogP contribution is -2.05. The van der Waals surface area contributed by atoms with Crippen LogP contribution in [0.1, 0.15) is 21.5 Å². The van der Waals surface area contributed by atoms with Crippen molar-refractivity contribution >= 4 is 5.78 Å². The first-order chi connectivity index (χ1) is 12.3. The average molecular weight is 332 g/mol. The van der Waals surface area contributed by atoms with Crippen molar-refractivity contribution in [2.75, 3.05) is 6.79 Å². The maximum Gasteiger partial charge on any atom is 0.231 e. The molecule has 0 bridgehead atoms. The molecule has 4 rings (SSSR count). The van der Waals surface area contributed by atoms with Gasteiger partial charge in [0.25, 0.3) is 0 Å². The van der Waals surface area contributed by atoms with Crippen molar-refractivity contribution < 1.29 is 19.0 Å². The number of fused-ring (bicyclic) bond motifs is 1. The molecule has 25 heavy (non-hydrogen) atoms. The Morgan fingerprint density at radius 3 is 2.52 bits per heavy atom. The third-order valence-electron chi connectivity index (χ3n) is 4.00. The number of rotatable bonds is 5. The van der Waals surface area contributed by atoms with Gasteiger partial charge >= 0.3 is 0 Å². The van der Waals surface area contributed by atoms with E-state index in [0.717, 1.165) is 5.56 Å². The summed E-state index contributed by atoms with van der Waals surface area (Å²) in [6, 6.07) is 22.3. The van der Waals surface area contributed by atoms with Gasteiger partial charge in [0.15, 0.2) is 17.3 Å². The summed E-state index contributed by atoms with van der Waals surface area (Å²) in [6.45, 7) is 0.593. The van der Waals surface area contributed by atoms with Crippen molar-refractivity contribution in [2.45, 2.75) is 6.61 Å². The highest BCUT2D eigenvalue weighted by Gasteiger charge is 2.19. The SMILES string of the molecule is O=C(c1ccc2c(c1)OCO2)c1ccccc1OCc1ccccc1. The molecular weight excluding hydrogens is 316 g/mol. The topological polar surface area (TPSA) is 44.8 Å². The fourth-order valence-corrected chi connectivity index (χ4v) is 2.71. The van der Waals surface area contributed by atoms with E-state index in [4.69, 9.17) is 14.2 Å². The molecule has 1 heterocycles. The highest BCUT2D eigenvalue weighted by atomic mass is 16.7. The number of ether oxygens (including phenoxy) is 3. The summed E-state index contributed by atoms with van der Waals surface area (Å²) in [4.78, 5) is 12.9. The summed E-state index contributed by atoms with van der Waals surface area (Å²) in [5, 5.41) is 0. The molecule has 0 saturated heterocycles. The standard InChI is InChI=1S/C21H16O4/c22-21(16-10-11-19-20(12-16)25-14-24-19)17-8-4-5-9-18(17)23-13-15-6-2-1-3-7-15/h1-12H,13-14H2. The van der Waals surface area contributed by atoms with E-state index in [1.165, 1.54) is 0 Å². The van der Waals surface area contributed by atoms with Crippen molar-refractivity contribution in [3.8, 4) is 17.2 Å². The lowest BCUT2D eigenvalue weighted by atomic mass is 10.0. The Morgan fingerprint density at radius 2 is 1.64 bits per heavy atom. The molecular formula is C21H16O4. The summed E-state index contributed by atoms with van der Waals surface area (Å²) in [7, 11) is 0. The molecule has 0 spiro atoms. The van der Waals surface area contributed by atoms with Crippen LogP contribution in [0.15, 0.2) is 72.8 Å². The van der Waals surface area contributed by atoms with Crippen molar-refractivity contribution in [2.24, 2.45) is 0 Å². The fourth-order valence-electron chi connectivity index (χ4n) is 2.71. The van der Waals surface area contributed by atoms with Crippen LogP contribution in [-0.4, -0.2) is 12.6 Å². The van der Waals surface area contributed by atoms with Crippen molar-refractivity contribution in [3.63, 3.8) is 0 Å². The Kier molecular flexibility index (Phi) is 4.09. The minimum absolute atomic E-state index is 0.109. The Labute approximate surface area is 145 Å². The van der Waals surface area contributed by atoms with Gasteiger partial charge in [0.1, 0.15) is 12.4 Å². The molecule has 3 aromatic carbocycles. The normalized spacial score (nSPS) is 12.0. The molecule has 4 heteroatoms. The van der Waals surface area contributed by atoms with Crippen LogP contribution in [0.4, 0.5) is 0 Å². The van der Waals surface area contributed by atoms with Crippen molar-refractivity contribution in [1.29, 1.82) is 0 Å². The average Bonchev–Trinajstić information content (AvgIpc) is 3.14. The van der Waals surface area contributed by atoms with Gasteiger partial charge in [-0.3, -0.25) is 4.79 Å².